The van der Waals surface area contributed by atoms with Crippen LogP contribution < -0.4 is 11.2 Å². The molecule has 2 aromatic heterocycles. The zero-order valence-corrected chi connectivity index (χ0v) is 12.3. The zero-order chi connectivity index (χ0) is 14.3. The molecular formula is C13H18N4O2S. The van der Waals surface area contributed by atoms with E-state index < -0.39 is 0 Å². The van der Waals surface area contributed by atoms with E-state index >= 15 is 0 Å². The summed E-state index contributed by atoms with van der Waals surface area (Å²) < 4.78 is 3.92. The van der Waals surface area contributed by atoms with E-state index in [1.165, 1.54) is 6.42 Å². The van der Waals surface area contributed by atoms with Crippen molar-refractivity contribution in [2.45, 2.75) is 51.6 Å². The lowest BCUT2D eigenvalue weighted by atomic mass is 9.95. The summed E-state index contributed by atoms with van der Waals surface area (Å²) in [5, 5.41) is 0. The molecule has 1 saturated carbocycles. The van der Waals surface area contributed by atoms with Crippen molar-refractivity contribution in [3.8, 4) is 0 Å². The molecule has 3 rings (SSSR count). The second-order valence-corrected chi connectivity index (χ2v) is 5.68. The van der Waals surface area contributed by atoms with Gasteiger partial charge in [0.25, 0.3) is 5.56 Å². The molecule has 1 aliphatic carbocycles. The van der Waals surface area contributed by atoms with E-state index in [1.54, 1.807) is 9.13 Å². The third-order valence-corrected chi connectivity index (χ3v) is 4.44. The number of hydrogen-bond acceptors (Lipinski definition) is 3. The van der Waals surface area contributed by atoms with Crippen LogP contribution in [0.15, 0.2) is 9.59 Å². The van der Waals surface area contributed by atoms with Crippen molar-refractivity contribution in [3.05, 3.63) is 25.6 Å². The molecule has 1 fully saturated rings. The molecule has 1 aliphatic rings. The molecule has 0 aromatic carbocycles. The van der Waals surface area contributed by atoms with Gasteiger partial charge in [-0.15, -0.1) is 0 Å². The highest BCUT2D eigenvalue weighted by Crippen LogP contribution is 2.28. The Morgan fingerprint density at radius 2 is 1.90 bits per heavy atom. The van der Waals surface area contributed by atoms with Gasteiger partial charge in [0.1, 0.15) is 5.65 Å². The lowest BCUT2D eigenvalue weighted by molar-refractivity contribution is 0.349. The van der Waals surface area contributed by atoms with E-state index in [2.05, 4.69) is 9.97 Å². The predicted octanol–water partition coefficient (Wildman–Crippen LogP) is 2.07. The van der Waals surface area contributed by atoms with Crippen LogP contribution in [-0.2, 0) is 6.54 Å². The molecule has 0 amide bonds. The van der Waals surface area contributed by atoms with Crippen LogP contribution >= 0.6 is 12.2 Å². The minimum atomic E-state index is -0.369. The van der Waals surface area contributed by atoms with Crippen LogP contribution in [0, 0.1) is 4.77 Å². The second kappa shape index (κ2) is 5.05. The molecule has 0 aliphatic heterocycles. The van der Waals surface area contributed by atoms with Crippen LogP contribution in [0.2, 0.25) is 0 Å². The van der Waals surface area contributed by atoms with Crippen LogP contribution in [-0.4, -0.2) is 19.1 Å². The summed E-state index contributed by atoms with van der Waals surface area (Å²) in [6.07, 6.45) is 5.39. The van der Waals surface area contributed by atoms with Gasteiger partial charge in [-0.25, -0.2) is 4.79 Å². The Morgan fingerprint density at radius 3 is 2.55 bits per heavy atom. The van der Waals surface area contributed by atoms with E-state index in [9.17, 15) is 9.59 Å². The number of nitrogens with one attached hydrogen (secondary N) is 2. The monoisotopic (exact) mass is 294 g/mol. The van der Waals surface area contributed by atoms with Crippen LogP contribution in [0.4, 0.5) is 0 Å². The lowest BCUT2D eigenvalue weighted by Crippen LogP contribution is -2.34. The van der Waals surface area contributed by atoms with Crippen LogP contribution in [0.25, 0.3) is 11.2 Å². The number of aryl methyl sites for hydroxylation is 1. The number of rotatable bonds is 2. The smallest absolute Gasteiger partial charge is 0.316 e. The van der Waals surface area contributed by atoms with Gasteiger partial charge in [-0.1, -0.05) is 19.3 Å². The Labute approximate surface area is 120 Å². The molecule has 0 unspecified atom stereocenters. The number of aromatic nitrogens is 4. The number of fused-ring (bicyclic) bond motifs is 1. The molecule has 0 saturated heterocycles. The molecule has 0 spiro atoms. The Bertz CT molecular complexity index is 804. The highest BCUT2D eigenvalue weighted by atomic mass is 32.1. The molecule has 6 nitrogen and oxygen atoms in total. The van der Waals surface area contributed by atoms with Crippen LogP contribution in [0.1, 0.15) is 45.1 Å². The van der Waals surface area contributed by atoms with E-state index in [0.717, 1.165) is 25.7 Å². The van der Waals surface area contributed by atoms with Gasteiger partial charge in [0.15, 0.2) is 10.3 Å². The topological polar surface area (TPSA) is 75.6 Å². The third kappa shape index (κ3) is 1.96. The fraction of sp³-hybridized carbons (Fsp3) is 0.615. The Kier molecular flexibility index (Phi) is 3.37. The summed E-state index contributed by atoms with van der Waals surface area (Å²) in [7, 11) is 0. The van der Waals surface area contributed by atoms with Gasteiger partial charge in [0, 0.05) is 12.6 Å². The first kappa shape index (κ1) is 13.4. The van der Waals surface area contributed by atoms with Crippen molar-refractivity contribution in [3.63, 3.8) is 0 Å². The molecule has 2 heterocycles. The fourth-order valence-corrected chi connectivity index (χ4v) is 3.49. The Balaban J connectivity index is 2.34. The summed E-state index contributed by atoms with van der Waals surface area (Å²) in [5.74, 6) is 0. The maximum atomic E-state index is 12.2. The Morgan fingerprint density at radius 1 is 1.20 bits per heavy atom. The van der Waals surface area contributed by atoms with Gasteiger partial charge in [0.2, 0.25) is 0 Å². The van der Waals surface area contributed by atoms with Crippen LogP contribution in [0.5, 0.6) is 0 Å². The highest BCUT2D eigenvalue weighted by molar-refractivity contribution is 7.71. The summed E-state index contributed by atoms with van der Waals surface area (Å²) in [6.45, 7) is 2.53. The van der Waals surface area contributed by atoms with Gasteiger partial charge < -0.3 is 9.55 Å². The van der Waals surface area contributed by atoms with Crippen molar-refractivity contribution >= 4 is 23.4 Å². The number of hydrogen-bond donors (Lipinski definition) is 2. The molecule has 108 valence electrons. The lowest BCUT2D eigenvalue weighted by Gasteiger charge is -2.23. The molecule has 7 heteroatoms. The standard InChI is InChI=1S/C13H18N4O2S/c1-2-16-9-10(14-13(16)20)17(12(19)15-11(9)18)8-6-4-3-5-7-8/h8H,2-7H2,1H3,(H,14,20)(H,15,18,19). The van der Waals surface area contributed by atoms with Crippen molar-refractivity contribution < 1.29 is 0 Å². The molecule has 20 heavy (non-hydrogen) atoms. The first-order valence-corrected chi connectivity index (χ1v) is 7.51. The first-order chi connectivity index (χ1) is 9.63. The van der Waals surface area contributed by atoms with Gasteiger partial charge in [-0.3, -0.25) is 14.3 Å². The average molecular weight is 294 g/mol. The van der Waals surface area contributed by atoms with Crippen molar-refractivity contribution in [1.29, 1.82) is 0 Å². The SMILES string of the molecule is CCn1c(=S)[nH]c2c1c(=O)[nH]c(=O)n2C1CCCCC1. The summed E-state index contributed by atoms with van der Waals surface area (Å²) in [5.41, 5.74) is 0.334. The number of H-pyrrole nitrogens is 2. The zero-order valence-electron chi connectivity index (χ0n) is 11.4. The van der Waals surface area contributed by atoms with E-state index in [4.69, 9.17) is 12.2 Å². The van der Waals surface area contributed by atoms with Crippen molar-refractivity contribution in [2.75, 3.05) is 0 Å². The average Bonchev–Trinajstić information content (AvgIpc) is 2.76. The maximum Gasteiger partial charge on any atom is 0.330 e. The fourth-order valence-electron chi connectivity index (χ4n) is 3.17. The molecule has 0 bridgehead atoms. The number of imidazole rings is 1. The van der Waals surface area contributed by atoms with Crippen molar-refractivity contribution in [1.82, 2.24) is 19.1 Å². The number of aromatic amines is 2. The summed E-state index contributed by atoms with van der Waals surface area (Å²) in [6, 6.07) is 0.147. The van der Waals surface area contributed by atoms with E-state index in [0.29, 0.717) is 22.5 Å². The van der Waals surface area contributed by atoms with Gasteiger partial charge in [-0.2, -0.15) is 0 Å². The quantitative estimate of drug-likeness (QED) is 0.833. The third-order valence-electron chi connectivity index (χ3n) is 4.12. The molecule has 0 atom stereocenters. The Hall–Kier alpha value is -1.63. The molecular weight excluding hydrogens is 276 g/mol. The molecule has 0 radical (unpaired) electrons. The largest absolute Gasteiger partial charge is 0.330 e. The molecule has 2 N–H and O–H groups in total. The van der Waals surface area contributed by atoms with Gasteiger partial charge >= 0.3 is 5.69 Å². The molecule has 2 aromatic rings. The van der Waals surface area contributed by atoms with E-state index in [-0.39, 0.29) is 17.3 Å². The summed E-state index contributed by atoms with van der Waals surface area (Å²) in [4.78, 5) is 29.8. The van der Waals surface area contributed by atoms with Crippen molar-refractivity contribution in [2.24, 2.45) is 0 Å². The highest BCUT2D eigenvalue weighted by Gasteiger charge is 2.21. The summed E-state index contributed by atoms with van der Waals surface area (Å²) >= 11 is 5.26. The normalized spacial score (nSPS) is 16.9. The maximum absolute atomic E-state index is 12.2. The minimum Gasteiger partial charge on any atom is -0.316 e. The van der Waals surface area contributed by atoms with Gasteiger partial charge in [0.05, 0.1) is 0 Å². The van der Waals surface area contributed by atoms with E-state index in [1.807, 2.05) is 6.92 Å². The predicted molar refractivity (Wildman–Crippen MR) is 79.8 cm³/mol. The first-order valence-electron chi connectivity index (χ1n) is 7.10. The second-order valence-electron chi connectivity index (χ2n) is 5.29. The van der Waals surface area contributed by atoms with Gasteiger partial charge in [-0.05, 0) is 32.0 Å². The minimum absolute atomic E-state index is 0.147. The van der Waals surface area contributed by atoms with Crippen LogP contribution in [0.3, 0.4) is 0 Å². The number of nitrogens with zero attached hydrogens (tertiary/aromatic N) is 2.